The number of rotatable bonds is 10. The Labute approximate surface area is 88.8 Å². The van der Waals surface area contributed by atoms with Crippen molar-refractivity contribution >= 4 is 8.60 Å². The predicted molar refractivity (Wildman–Crippen MR) is 57.9 cm³/mol. The Bertz CT molecular complexity index is 99.5. The van der Waals surface area contributed by atoms with Crippen LogP contribution in [0.15, 0.2) is 0 Å². The molecule has 0 radical (unpaired) electrons. The molecule has 0 aromatic heterocycles. The summed E-state index contributed by atoms with van der Waals surface area (Å²) in [5, 5.41) is 0. The zero-order valence-electron chi connectivity index (χ0n) is 9.33. The fraction of sp³-hybridized carbons (Fsp3) is 1.00. The van der Waals surface area contributed by atoms with Gasteiger partial charge in [-0.25, -0.2) is 0 Å². The number of hydrogen-bond acceptors (Lipinski definition) is 3. The number of hydrogen-bond donors (Lipinski definition) is 0. The molecule has 0 aliphatic rings. The normalized spacial score (nSPS) is 11.1. The van der Waals surface area contributed by atoms with Crippen molar-refractivity contribution in [1.82, 2.24) is 0 Å². The van der Waals surface area contributed by atoms with E-state index in [4.69, 9.17) is 9.05 Å². The van der Waals surface area contributed by atoms with Gasteiger partial charge in [0.1, 0.15) is 0 Å². The van der Waals surface area contributed by atoms with Crippen molar-refractivity contribution in [2.24, 2.45) is 0 Å². The zero-order valence-corrected chi connectivity index (χ0v) is 10.2. The molecule has 14 heavy (non-hydrogen) atoms. The van der Waals surface area contributed by atoms with Gasteiger partial charge in [-0.1, -0.05) is 39.5 Å². The Balaban J connectivity index is 3.07. The smallest absolute Gasteiger partial charge is 0.0828 e. The molecule has 0 aliphatic carbocycles. The third-order valence-corrected chi connectivity index (χ3v) is 2.68. The maximum Gasteiger partial charge on any atom is 0.0828 e. The lowest BCUT2D eigenvalue weighted by Crippen LogP contribution is -2.05. The molecule has 0 aliphatic heterocycles. The molecule has 0 spiro atoms. The van der Waals surface area contributed by atoms with Crippen molar-refractivity contribution < 1.29 is 13.9 Å². The first-order valence-corrected chi connectivity index (χ1v) is 6.63. The maximum absolute atomic E-state index is 11.1. The van der Waals surface area contributed by atoms with Gasteiger partial charge in [0.05, 0.1) is 21.8 Å². The van der Waals surface area contributed by atoms with E-state index in [1.807, 2.05) is 0 Å². The summed E-state index contributed by atoms with van der Waals surface area (Å²) in [6, 6.07) is 0. The summed E-state index contributed by atoms with van der Waals surface area (Å²) in [7, 11) is -1.86. The van der Waals surface area contributed by atoms with Crippen LogP contribution in [0.25, 0.3) is 0 Å². The Morgan fingerprint density at radius 1 is 0.857 bits per heavy atom. The molecule has 0 aromatic rings. The van der Waals surface area contributed by atoms with E-state index in [-0.39, 0.29) is 0 Å². The monoisotopic (exact) mass is 221 g/mol. The van der Waals surface area contributed by atoms with Crippen molar-refractivity contribution in [2.45, 2.75) is 52.4 Å². The highest BCUT2D eigenvalue weighted by Crippen LogP contribution is 2.28. The molecule has 0 unspecified atom stereocenters. The first-order chi connectivity index (χ1) is 6.81. The van der Waals surface area contributed by atoms with Crippen LogP contribution in [0.2, 0.25) is 0 Å². The summed E-state index contributed by atoms with van der Waals surface area (Å²) >= 11 is 0. The molecule has 0 fully saturated rings. The topological polar surface area (TPSA) is 41.5 Å². The van der Waals surface area contributed by atoms with Crippen molar-refractivity contribution in [3.63, 3.8) is 0 Å². The van der Waals surface area contributed by atoms with Gasteiger partial charge in [0.25, 0.3) is 0 Å². The highest BCUT2D eigenvalue weighted by atomic mass is 31.2. The average Bonchev–Trinajstić information content (AvgIpc) is 2.19. The van der Waals surface area contributed by atoms with E-state index in [1.54, 1.807) is 0 Å². The minimum Gasteiger partial charge on any atom is -0.786 e. The van der Waals surface area contributed by atoms with E-state index in [9.17, 15) is 4.89 Å². The van der Waals surface area contributed by atoms with Crippen LogP contribution in [0.5, 0.6) is 0 Å². The van der Waals surface area contributed by atoms with Gasteiger partial charge in [-0.2, -0.15) is 0 Å². The molecule has 0 saturated carbocycles. The molecule has 3 nitrogen and oxygen atoms in total. The van der Waals surface area contributed by atoms with Crippen LogP contribution in [0.3, 0.4) is 0 Å². The summed E-state index contributed by atoms with van der Waals surface area (Å²) in [5.41, 5.74) is 0. The molecule has 4 heteroatoms. The van der Waals surface area contributed by atoms with Crippen LogP contribution in [0, 0.1) is 0 Å². The molecule has 0 aromatic carbocycles. The zero-order chi connectivity index (χ0) is 10.6. The van der Waals surface area contributed by atoms with Gasteiger partial charge < -0.3 is 13.9 Å². The SMILES string of the molecule is CCCCCOP([O-])OCCCCC. The van der Waals surface area contributed by atoms with Crippen LogP contribution in [0.1, 0.15) is 52.4 Å². The summed E-state index contributed by atoms with van der Waals surface area (Å²) < 4.78 is 10.0. The van der Waals surface area contributed by atoms with E-state index in [1.165, 1.54) is 0 Å². The lowest BCUT2D eigenvalue weighted by atomic mass is 10.3. The van der Waals surface area contributed by atoms with Crippen LogP contribution >= 0.6 is 8.60 Å². The predicted octanol–water partition coefficient (Wildman–Crippen LogP) is 2.99. The average molecular weight is 221 g/mol. The summed E-state index contributed by atoms with van der Waals surface area (Å²) in [6.07, 6.45) is 6.48. The fourth-order valence-electron chi connectivity index (χ4n) is 1.02. The first-order valence-electron chi connectivity index (χ1n) is 5.54. The molecule has 0 N–H and O–H groups in total. The van der Waals surface area contributed by atoms with Crippen molar-refractivity contribution in [1.29, 1.82) is 0 Å². The Morgan fingerprint density at radius 3 is 1.64 bits per heavy atom. The first kappa shape index (κ1) is 14.3. The molecule has 0 heterocycles. The second-order valence-electron chi connectivity index (χ2n) is 3.30. The summed E-state index contributed by atoms with van der Waals surface area (Å²) in [4.78, 5) is 11.1. The van der Waals surface area contributed by atoms with Crippen LogP contribution in [-0.2, 0) is 9.05 Å². The van der Waals surface area contributed by atoms with Gasteiger partial charge in [-0.3, -0.25) is 0 Å². The van der Waals surface area contributed by atoms with E-state index < -0.39 is 8.60 Å². The van der Waals surface area contributed by atoms with Gasteiger partial charge in [-0.05, 0) is 12.8 Å². The number of unbranched alkanes of at least 4 members (excludes halogenated alkanes) is 4. The molecule has 0 atom stereocenters. The van der Waals surface area contributed by atoms with E-state index >= 15 is 0 Å². The van der Waals surface area contributed by atoms with Crippen molar-refractivity contribution in [2.75, 3.05) is 13.2 Å². The molecular formula is C10H22O3P-. The summed E-state index contributed by atoms with van der Waals surface area (Å²) in [6.45, 7) is 5.36. The quantitative estimate of drug-likeness (QED) is 0.420. The van der Waals surface area contributed by atoms with Gasteiger partial charge in [0, 0.05) is 0 Å². The standard InChI is InChI=1S/C10H22O3P/c1-3-5-7-9-12-14(11)13-10-8-6-4-2/h3-10H2,1-2H3/q-1. The lowest BCUT2D eigenvalue weighted by molar-refractivity contribution is -0.204. The Kier molecular flexibility index (Phi) is 11.6. The lowest BCUT2D eigenvalue weighted by Gasteiger charge is -2.21. The second-order valence-corrected chi connectivity index (χ2v) is 4.27. The maximum atomic E-state index is 11.1. The van der Waals surface area contributed by atoms with E-state index in [2.05, 4.69) is 13.8 Å². The highest BCUT2D eigenvalue weighted by molar-refractivity contribution is 7.39. The van der Waals surface area contributed by atoms with Crippen LogP contribution in [-0.4, -0.2) is 13.2 Å². The van der Waals surface area contributed by atoms with Gasteiger partial charge in [-0.15, -0.1) is 0 Å². The molecule has 0 rings (SSSR count). The minimum atomic E-state index is -1.86. The highest BCUT2D eigenvalue weighted by Gasteiger charge is 1.95. The fourth-order valence-corrected chi connectivity index (χ4v) is 1.65. The van der Waals surface area contributed by atoms with Gasteiger partial charge in [0.15, 0.2) is 0 Å². The van der Waals surface area contributed by atoms with Crippen LogP contribution < -0.4 is 4.89 Å². The Hall–Kier alpha value is 0.310. The third kappa shape index (κ3) is 10.4. The largest absolute Gasteiger partial charge is 0.786 e. The molecule has 86 valence electrons. The van der Waals surface area contributed by atoms with Crippen LogP contribution in [0.4, 0.5) is 0 Å². The van der Waals surface area contributed by atoms with E-state index in [0.717, 1.165) is 38.5 Å². The molecule has 0 bridgehead atoms. The third-order valence-electron chi connectivity index (χ3n) is 1.89. The molecule has 0 saturated heterocycles. The molecule has 0 amide bonds. The summed E-state index contributed by atoms with van der Waals surface area (Å²) in [5.74, 6) is 0. The van der Waals surface area contributed by atoms with Gasteiger partial charge >= 0.3 is 0 Å². The Morgan fingerprint density at radius 2 is 1.29 bits per heavy atom. The minimum absolute atomic E-state index is 0.552. The van der Waals surface area contributed by atoms with Crippen molar-refractivity contribution in [3.8, 4) is 0 Å². The molecular weight excluding hydrogens is 199 g/mol. The second kappa shape index (κ2) is 11.4. The van der Waals surface area contributed by atoms with Crippen molar-refractivity contribution in [3.05, 3.63) is 0 Å². The van der Waals surface area contributed by atoms with E-state index in [0.29, 0.717) is 13.2 Å². The van der Waals surface area contributed by atoms with Gasteiger partial charge in [0.2, 0.25) is 0 Å².